The number of benzene rings is 2. The van der Waals surface area contributed by atoms with Crippen LogP contribution >= 0.6 is 0 Å². The van der Waals surface area contributed by atoms with Crippen molar-refractivity contribution in [2.24, 2.45) is 0 Å². The van der Waals surface area contributed by atoms with Crippen LogP contribution in [-0.4, -0.2) is 27.2 Å². The van der Waals surface area contributed by atoms with Crippen molar-refractivity contribution < 1.29 is 9.72 Å². The molecule has 1 aromatic heterocycles. The highest BCUT2D eigenvalue weighted by molar-refractivity contribution is 6.07. The largest absolute Gasteiger partial charge is 0.307 e. The van der Waals surface area contributed by atoms with E-state index in [1.807, 2.05) is 31.2 Å². The summed E-state index contributed by atoms with van der Waals surface area (Å²) in [4.78, 5) is 37.3. The van der Waals surface area contributed by atoms with E-state index in [9.17, 15) is 19.7 Å². The number of aromatic nitrogens is 2. The second-order valence-electron chi connectivity index (χ2n) is 6.42. The van der Waals surface area contributed by atoms with Crippen LogP contribution in [0.25, 0.3) is 5.69 Å². The standard InChI is InChI=1S/C19H16N4O4/c1-12-2-4-14(5-3-12)22-17-16(18(24)20-22)10-11-21(19(17)25)13-6-8-15(9-7-13)23(26)27/h2-9H,10-11H2,1H3,(H,20,24). The fraction of sp³-hybridized carbons (Fsp3) is 0.158. The molecule has 8 heteroatoms. The van der Waals surface area contributed by atoms with Gasteiger partial charge in [0.2, 0.25) is 0 Å². The Morgan fingerprint density at radius 2 is 1.63 bits per heavy atom. The Bertz CT molecular complexity index is 1090. The molecule has 2 aromatic carbocycles. The zero-order valence-corrected chi connectivity index (χ0v) is 14.5. The molecular formula is C19H16N4O4. The average Bonchev–Trinajstić information content (AvgIpc) is 3.00. The van der Waals surface area contributed by atoms with Gasteiger partial charge in [0.05, 0.1) is 16.2 Å². The Hall–Kier alpha value is -3.68. The molecule has 0 bridgehead atoms. The molecule has 1 N–H and O–H groups in total. The lowest BCUT2D eigenvalue weighted by Gasteiger charge is -2.27. The molecule has 1 aliphatic heterocycles. The number of nitro groups is 1. The number of aromatic amines is 1. The van der Waals surface area contributed by atoms with Gasteiger partial charge < -0.3 is 4.90 Å². The summed E-state index contributed by atoms with van der Waals surface area (Å²) in [5, 5.41) is 13.6. The predicted octanol–water partition coefficient (Wildman–Crippen LogP) is 2.59. The van der Waals surface area contributed by atoms with Gasteiger partial charge in [0.25, 0.3) is 17.2 Å². The number of carbonyl (C=O) groups excluding carboxylic acids is 1. The first kappa shape index (κ1) is 16.8. The van der Waals surface area contributed by atoms with Crippen molar-refractivity contribution in [3.63, 3.8) is 0 Å². The third-order valence-corrected chi connectivity index (χ3v) is 4.69. The van der Waals surface area contributed by atoms with Gasteiger partial charge in [-0.3, -0.25) is 24.8 Å². The van der Waals surface area contributed by atoms with Crippen LogP contribution in [0.15, 0.2) is 53.3 Å². The molecule has 0 aliphatic carbocycles. The number of rotatable bonds is 3. The highest BCUT2D eigenvalue weighted by Gasteiger charge is 2.32. The molecule has 136 valence electrons. The molecule has 0 unspecified atom stereocenters. The Labute approximate surface area is 153 Å². The summed E-state index contributed by atoms with van der Waals surface area (Å²) >= 11 is 0. The van der Waals surface area contributed by atoms with E-state index < -0.39 is 4.92 Å². The SMILES string of the molecule is Cc1ccc(-n2[nH]c(=O)c3c2C(=O)N(c2ccc([N+](=O)[O-])cc2)CC3)cc1. The van der Waals surface area contributed by atoms with Crippen LogP contribution in [-0.2, 0) is 6.42 Å². The number of anilines is 1. The summed E-state index contributed by atoms with van der Waals surface area (Å²) in [5.41, 5.74) is 2.76. The molecule has 1 amide bonds. The molecule has 0 atom stereocenters. The number of H-pyrrole nitrogens is 1. The molecule has 4 rings (SSSR count). The fourth-order valence-corrected chi connectivity index (χ4v) is 3.27. The number of nitrogens with zero attached hydrogens (tertiary/aromatic N) is 3. The second-order valence-corrected chi connectivity index (χ2v) is 6.42. The smallest absolute Gasteiger partial charge is 0.277 e. The number of fused-ring (bicyclic) bond motifs is 1. The van der Waals surface area contributed by atoms with Gasteiger partial charge in [0, 0.05) is 24.4 Å². The van der Waals surface area contributed by atoms with Crippen molar-refractivity contribution in [1.82, 2.24) is 9.78 Å². The minimum absolute atomic E-state index is 0.0397. The Morgan fingerprint density at radius 1 is 1.00 bits per heavy atom. The van der Waals surface area contributed by atoms with Gasteiger partial charge in [0.15, 0.2) is 0 Å². The monoisotopic (exact) mass is 364 g/mol. The first-order chi connectivity index (χ1) is 13.0. The number of hydrogen-bond donors (Lipinski definition) is 1. The van der Waals surface area contributed by atoms with Gasteiger partial charge in [0.1, 0.15) is 5.69 Å². The number of hydrogen-bond acceptors (Lipinski definition) is 4. The molecule has 1 aliphatic rings. The summed E-state index contributed by atoms with van der Waals surface area (Å²) in [6.45, 7) is 2.30. The second kappa shape index (κ2) is 6.24. The zero-order valence-electron chi connectivity index (χ0n) is 14.5. The van der Waals surface area contributed by atoms with Crippen LogP contribution < -0.4 is 10.5 Å². The van der Waals surface area contributed by atoms with E-state index in [2.05, 4.69) is 5.10 Å². The normalized spacial score (nSPS) is 13.5. The molecule has 0 spiro atoms. The lowest BCUT2D eigenvalue weighted by atomic mass is 10.1. The van der Waals surface area contributed by atoms with Crippen LogP contribution in [0.5, 0.6) is 0 Å². The zero-order chi connectivity index (χ0) is 19.1. The van der Waals surface area contributed by atoms with Gasteiger partial charge >= 0.3 is 0 Å². The summed E-state index contributed by atoms with van der Waals surface area (Å²) in [6.07, 6.45) is 0.409. The third kappa shape index (κ3) is 2.80. The maximum Gasteiger partial charge on any atom is 0.277 e. The number of non-ortho nitro benzene ring substituents is 1. The van der Waals surface area contributed by atoms with Crippen molar-refractivity contribution in [3.8, 4) is 5.69 Å². The topological polar surface area (TPSA) is 101 Å². The number of amides is 1. The summed E-state index contributed by atoms with van der Waals surface area (Å²) in [5.74, 6) is -0.316. The van der Waals surface area contributed by atoms with E-state index >= 15 is 0 Å². The van der Waals surface area contributed by atoms with E-state index in [-0.39, 0.29) is 17.2 Å². The molecule has 0 fully saturated rings. The summed E-state index contributed by atoms with van der Waals surface area (Å²) in [7, 11) is 0. The van der Waals surface area contributed by atoms with Gasteiger partial charge in [-0.2, -0.15) is 0 Å². The van der Waals surface area contributed by atoms with E-state index in [1.165, 1.54) is 21.7 Å². The first-order valence-corrected chi connectivity index (χ1v) is 8.43. The molecular weight excluding hydrogens is 348 g/mol. The van der Waals surface area contributed by atoms with Crippen LogP contribution in [0.1, 0.15) is 21.6 Å². The Morgan fingerprint density at radius 3 is 2.26 bits per heavy atom. The molecule has 27 heavy (non-hydrogen) atoms. The fourth-order valence-electron chi connectivity index (χ4n) is 3.27. The van der Waals surface area contributed by atoms with Crippen molar-refractivity contribution in [2.45, 2.75) is 13.3 Å². The molecule has 0 saturated heterocycles. The van der Waals surface area contributed by atoms with Crippen LogP contribution in [0.4, 0.5) is 11.4 Å². The van der Waals surface area contributed by atoms with E-state index in [0.717, 1.165) is 5.56 Å². The number of nitrogens with one attached hydrogen (secondary N) is 1. The van der Waals surface area contributed by atoms with Gasteiger partial charge in [-0.15, -0.1) is 0 Å². The van der Waals surface area contributed by atoms with Crippen LogP contribution in [0.2, 0.25) is 0 Å². The van der Waals surface area contributed by atoms with Crippen molar-refractivity contribution >= 4 is 17.3 Å². The summed E-state index contributed by atoms with van der Waals surface area (Å²) in [6, 6.07) is 13.3. The van der Waals surface area contributed by atoms with Crippen molar-refractivity contribution in [3.05, 3.63) is 85.8 Å². The molecule has 0 radical (unpaired) electrons. The minimum Gasteiger partial charge on any atom is -0.307 e. The van der Waals surface area contributed by atoms with Crippen LogP contribution in [0, 0.1) is 17.0 Å². The van der Waals surface area contributed by atoms with Crippen molar-refractivity contribution in [1.29, 1.82) is 0 Å². The molecule has 2 heterocycles. The molecule has 8 nitrogen and oxygen atoms in total. The minimum atomic E-state index is -0.485. The quantitative estimate of drug-likeness (QED) is 0.570. The maximum absolute atomic E-state index is 13.1. The third-order valence-electron chi connectivity index (χ3n) is 4.69. The van der Waals surface area contributed by atoms with Gasteiger partial charge in [-0.1, -0.05) is 17.7 Å². The number of carbonyl (C=O) groups is 1. The Balaban J connectivity index is 1.76. The lowest BCUT2D eigenvalue weighted by molar-refractivity contribution is -0.384. The lowest BCUT2D eigenvalue weighted by Crippen LogP contribution is -2.39. The number of aryl methyl sites for hydroxylation is 1. The maximum atomic E-state index is 13.1. The van der Waals surface area contributed by atoms with E-state index in [1.54, 1.807) is 12.1 Å². The van der Waals surface area contributed by atoms with E-state index in [4.69, 9.17) is 0 Å². The van der Waals surface area contributed by atoms with Gasteiger partial charge in [-0.25, -0.2) is 4.68 Å². The summed E-state index contributed by atoms with van der Waals surface area (Å²) < 4.78 is 1.51. The highest BCUT2D eigenvalue weighted by Crippen LogP contribution is 2.26. The first-order valence-electron chi connectivity index (χ1n) is 8.43. The molecule has 3 aromatic rings. The van der Waals surface area contributed by atoms with E-state index in [0.29, 0.717) is 35.6 Å². The predicted molar refractivity (Wildman–Crippen MR) is 99.6 cm³/mol. The van der Waals surface area contributed by atoms with Crippen LogP contribution in [0.3, 0.4) is 0 Å². The highest BCUT2D eigenvalue weighted by atomic mass is 16.6. The number of nitro benzene ring substituents is 1. The molecule has 0 saturated carbocycles. The average molecular weight is 364 g/mol. The Kier molecular flexibility index (Phi) is 3.88. The van der Waals surface area contributed by atoms with Gasteiger partial charge in [-0.05, 0) is 37.6 Å². The van der Waals surface area contributed by atoms with Crippen molar-refractivity contribution in [2.75, 3.05) is 11.4 Å².